The number of aliphatic hydroxyl groups excluding tert-OH is 1. The lowest BCUT2D eigenvalue weighted by molar-refractivity contribution is 0.0838. The first-order valence-corrected chi connectivity index (χ1v) is 6.56. The molecule has 1 aliphatic heterocycles. The third kappa shape index (κ3) is 2.29. The van der Waals surface area contributed by atoms with Crippen LogP contribution < -0.4 is 4.90 Å². The maximum atomic E-state index is 10.1. The fourth-order valence-corrected chi connectivity index (χ4v) is 2.67. The first-order chi connectivity index (χ1) is 9.09. The molecule has 1 aromatic heterocycles. The number of anilines is 1. The zero-order valence-electron chi connectivity index (χ0n) is 11.0. The molecule has 1 aliphatic rings. The van der Waals surface area contributed by atoms with Gasteiger partial charge in [-0.25, -0.2) is 4.98 Å². The van der Waals surface area contributed by atoms with Crippen molar-refractivity contribution in [2.45, 2.75) is 25.6 Å². The van der Waals surface area contributed by atoms with Crippen LogP contribution in [0.4, 0.5) is 5.82 Å². The molecule has 1 fully saturated rings. The Bertz CT molecular complexity index is 610. The average Bonchev–Trinajstić information content (AvgIpc) is 2.77. The van der Waals surface area contributed by atoms with Crippen molar-refractivity contribution in [2.24, 2.45) is 0 Å². The Morgan fingerprint density at radius 3 is 2.84 bits per heavy atom. The van der Waals surface area contributed by atoms with Gasteiger partial charge in [0, 0.05) is 24.0 Å². The molecule has 3 rings (SSSR count). The van der Waals surface area contributed by atoms with E-state index in [1.54, 1.807) is 0 Å². The molecule has 4 heteroatoms. The summed E-state index contributed by atoms with van der Waals surface area (Å²) >= 11 is 0. The summed E-state index contributed by atoms with van der Waals surface area (Å²) in [6, 6.07) is 9.85. The van der Waals surface area contributed by atoms with E-state index in [-0.39, 0.29) is 6.61 Å². The van der Waals surface area contributed by atoms with E-state index in [1.807, 2.05) is 37.3 Å². The number of nitrogens with zero attached hydrogens (tertiary/aromatic N) is 2. The number of pyridine rings is 1. The molecule has 1 saturated heterocycles. The predicted molar refractivity (Wildman–Crippen MR) is 75.1 cm³/mol. The van der Waals surface area contributed by atoms with E-state index in [1.165, 1.54) is 0 Å². The smallest absolute Gasteiger partial charge is 0.134 e. The largest absolute Gasteiger partial charge is 0.392 e. The third-order valence-corrected chi connectivity index (χ3v) is 3.70. The van der Waals surface area contributed by atoms with Crippen molar-refractivity contribution in [3.05, 3.63) is 35.9 Å². The van der Waals surface area contributed by atoms with Gasteiger partial charge in [0.05, 0.1) is 17.7 Å². The molecule has 1 unspecified atom stereocenters. The van der Waals surface area contributed by atoms with E-state index >= 15 is 0 Å². The quantitative estimate of drug-likeness (QED) is 0.860. The summed E-state index contributed by atoms with van der Waals surface area (Å²) in [7, 11) is 0. The Kier molecular flexibility index (Phi) is 2.92. The molecule has 0 amide bonds. The van der Waals surface area contributed by atoms with E-state index in [9.17, 15) is 10.2 Å². The Hall–Kier alpha value is -1.65. The van der Waals surface area contributed by atoms with Crippen LogP contribution in [0, 0.1) is 0 Å². The Balaban J connectivity index is 2.07. The van der Waals surface area contributed by atoms with Gasteiger partial charge in [-0.1, -0.05) is 18.2 Å². The van der Waals surface area contributed by atoms with E-state index in [0.29, 0.717) is 6.54 Å². The first kappa shape index (κ1) is 12.4. The molecule has 2 aromatic rings. The van der Waals surface area contributed by atoms with E-state index in [0.717, 1.165) is 35.2 Å². The molecule has 2 N–H and O–H groups in total. The van der Waals surface area contributed by atoms with Crippen LogP contribution in [0.25, 0.3) is 10.9 Å². The van der Waals surface area contributed by atoms with Crippen molar-refractivity contribution in [3.8, 4) is 0 Å². The number of benzene rings is 1. The van der Waals surface area contributed by atoms with Crippen LogP contribution in [0.5, 0.6) is 0 Å². The second-order valence-corrected chi connectivity index (χ2v) is 5.49. The minimum absolute atomic E-state index is 0.0359. The zero-order chi connectivity index (χ0) is 13.5. The Morgan fingerprint density at radius 1 is 1.37 bits per heavy atom. The summed E-state index contributed by atoms with van der Waals surface area (Å²) < 4.78 is 0. The van der Waals surface area contributed by atoms with Crippen molar-refractivity contribution >= 4 is 16.7 Å². The second kappa shape index (κ2) is 4.47. The Morgan fingerprint density at radius 2 is 2.16 bits per heavy atom. The molecule has 100 valence electrons. The highest BCUT2D eigenvalue weighted by Crippen LogP contribution is 2.29. The summed E-state index contributed by atoms with van der Waals surface area (Å²) in [5, 5.41) is 20.6. The fourth-order valence-electron chi connectivity index (χ4n) is 2.67. The van der Waals surface area contributed by atoms with Crippen LogP contribution in [0.15, 0.2) is 30.3 Å². The molecular weight excluding hydrogens is 240 g/mol. The molecule has 1 aromatic carbocycles. The highest BCUT2D eigenvalue weighted by molar-refractivity contribution is 5.81. The molecule has 4 nitrogen and oxygen atoms in total. The van der Waals surface area contributed by atoms with Crippen molar-refractivity contribution in [2.75, 3.05) is 18.0 Å². The first-order valence-electron chi connectivity index (χ1n) is 6.56. The van der Waals surface area contributed by atoms with Gasteiger partial charge < -0.3 is 15.1 Å². The number of hydrogen-bond donors (Lipinski definition) is 2. The van der Waals surface area contributed by atoms with E-state index in [4.69, 9.17) is 0 Å². The van der Waals surface area contributed by atoms with Crippen LogP contribution >= 0.6 is 0 Å². The number of aliphatic hydroxyl groups is 2. The standard InChI is InChI=1S/C15H18N2O2/c1-15(19)6-7-17(10-15)14-12(9-18)8-11-4-2-3-5-13(11)16-14/h2-5,8,18-19H,6-7,9-10H2,1H3. The normalized spacial score (nSPS) is 23.2. The molecule has 0 spiro atoms. The zero-order valence-corrected chi connectivity index (χ0v) is 11.0. The lowest BCUT2D eigenvalue weighted by atomic mass is 10.1. The van der Waals surface area contributed by atoms with Crippen LogP contribution in [-0.2, 0) is 6.61 Å². The molecule has 2 heterocycles. The highest BCUT2D eigenvalue weighted by Gasteiger charge is 2.32. The monoisotopic (exact) mass is 258 g/mol. The average molecular weight is 258 g/mol. The molecule has 0 aliphatic carbocycles. The highest BCUT2D eigenvalue weighted by atomic mass is 16.3. The molecule has 0 bridgehead atoms. The van der Waals surface area contributed by atoms with Gasteiger partial charge in [-0.3, -0.25) is 0 Å². The number of rotatable bonds is 2. The number of para-hydroxylation sites is 1. The Labute approximate surface area is 112 Å². The summed E-state index contributed by atoms with van der Waals surface area (Å²) in [5.41, 5.74) is 1.07. The van der Waals surface area contributed by atoms with Gasteiger partial charge in [0.25, 0.3) is 0 Å². The van der Waals surface area contributed by atoms with Gasteiger partial charge in [0.2, 0.25) is 0 Å². The van der Waals surface area contributed by atoms with Gasteiger partial charge in [-0.05, 0) is 25.5 Å². The van der Waals surface area contributed by atoms with Gasteiger partial charge in [0.1, 0.15) is 5.82 Å². The minimum atomic E-state index is -0.667. The molecular formula is C15H18N2O2. The topological polar surface area (TPSA) is 56.6 Å². The predicted octanol–water partition coefficient (Wildman–Crippen LogP) is 1.69. The molecule has 19 heavy (non-hydrogen) atoms. The fraction of sp³-hybridized carbons (Fsp3) is 0.400. The van der Waals surface area contributed by atoms with Crippen LogP contribution in [0.1, 0.15) is 18.9 Å². The van der Waals surface area contributed by atoms with Gasteiger partial charge >= 0.3 is 0 Å². The number of aromatic nitrogens is 1. The third-order valence-electron chi connectivity index (χ3n) is 3.70. The van der Waals surface area contributed by atoms with Crippen molar-refractivity contribution < 1.29 is 10.2 Å². The van der Waals surface area contributed by atoms with Gasteiger partial charge in [0.15, 0.2) is 0 Å². The maximum Gasteiger partial charge on any atom is 0.134 e. The van der Waals surface area contributed by atoms with Gasteiger partial charge in [-0.2, -0.15) is 0 Å². The minimum Gasteiger partial charge on any atom is -0.392 e. The number of β-amino-alcohol motifs (C(OH)–C–C–N with tert-alkyl or cyclic N) is 1. The van der Waals surface area contributed by atoms with Crippen LogP contribution in [-0.4, -0.2) is 33.9 Å². The number of fused-ring (bicyclic) bond motifs is 1. The van der Waals surface area contributed by atoms with Crippen LogP contribution in [0.3, 0.4) is 0 Å². The summed E-state index contributed by atoms with van der Waals surface area (Å²) in [6.45, 7) is 3.13. The number of hydrogen-bond acceptors (Lipinski definition) is 4. The summed E-state index contributed by atoms with van der Waals surface area (Å²) in [6.07, 6.45) is 0.729. The van der Waals surface area contributed by atoms with E-state index in [2.05, 4.69) is 9.88 Å². The maximum absolute atomic E-state index is 10.1. The lowest BCUT2D eigenvalue weighted by Crippen LogP contribution is -2.30. The summed E-state index contributed by atoms with van der Waals surface area (Å²) in [5.74, 6) is 0.791. The van der Waals surface area contributed by atoms with Crippen molar-refractivity contribution in [1.29, 1.82) is 0 Å². The van der Waals surface area contributed by atoms with Crippen molar-refractivity contribution in [3.63, 3.8) is 0 Å². The SMILES string of the molecule is CC1(O)CCN(c2nc3ccccc3cc2CO)C1. The summed E-state index contributed by atoms with van der Waals surface area (Å²) in [4.78, 5) is 6.70. The van der Waals surface area contributed by atoms with Crippen molar-refractivity contribution in [1.82, 2.24) is 4.98 Å². The van der Waals surface area contributed by atoms with Crippen LogP contribution in [0.2, 0.25) is 0 Å². The van der Waals surface area contributed by atoms with E-state index < -0.39 is 5.60 Å². The second-order valence-electron chi connectivity index (χ2n) is 5.49. The lowest BCUT2D eigenvalue weighted by Gasteiger charge is -2.22. The molecule has 0 saturated carbocycles. The molecule has 0 radical (unpaired) electrons. The molecule has 1 atom stereocenters. The van der Waals surface area contributed by atoms with Gasteiger partial charge in [-0.15, -0.1) is 0 Å².